The molecule has 0 N–H and O–H groups in total. The molecule has 5 rings (SSSR count). The molecule has 3 aromatic rings. The first-order valence-corrected chi connectivity index (χ1v) is 11.1. The average Bonchev–Trinajstić information content (AvgIpc) is 3.04. The molecule has 0 radical (unpaired) electrons. The van der Waals surface area contributed by atoms with Crippen molar-refractivity contribution >= 4 is 21.6 Å². The van der Waals surface area contributed by atoms with Crippen LogP contribution in [0.15, 0.2) is 24.3 Å². The number of halogens is 1. The first-order chi connectivity index (χ1) is 13.2. The molecule has 2 atom stereocenters. The number of rotatable bonds is 2. The van der Waals surface area contributed by atoms with E-state index in [1.807, 2.05) is 11.3 Å². The summed E-state index contributed by atoms with van der Waals surface area (Å²) in [5.41, 5.74) is 7.24. The summed E-state index contributed by atoms with van der Waals surface area (Å²) in [5, 5.41) is 1.46. The molecule has 0 saturated carbocycles. The van der Waals surface area contributed by atoms with E-state index >= 15 is 0 Å². The van der Waals surface area contributed by atoms with Crippen LogP contribution in [0.5, 0.6) is 5.75 Å². The Hall–Kier alpha value is -1.58. The Balaban J connectivity index is 0.00000192. The molecule has 2 heterocycles. The highest BCUT2D eigenvalue weighted by atomic mass is 35.5. The summed E-state index contributed by atoms with van der Waals surface area (Å²) in [6, 6.07) is 8.67. The Morgan fingerprint density at radius 2 is 1.82 bits per heavy atom. The lowest BCUT2D eigenvalue weighted by Crippen LogP contribution is -3.00. The standard InChI is InChI=1S/C24H27NOS.ClH/c1-14-7-12-18-20(13-14)27-24-22(18)21(16-8-10-17(26-3)11-9-16)19-6-4-5-15(2)23(19)25-24;/h8-11,14-15H,4-7,12-13H2,1-3H3;1H/p-1. The van der Waals surface area contributed by atoms with Crippen LogP contribution in [0.4, 0.5) is 0 Å². The highest BCUT2D eigenvalue weighted by molar-refractivity contribution is 7.19. The van der Waals surface area contributed by atoms with Gasteiger partial charge < -0.3 is 17.1 Å². The third kappa shape index (κ3) is 3.13. The molecule has 28 heavy (non-hydrogen) atoms. The molecule has 0 fully saturated rings. The quantitative estimate of drug-likeness (QED) is 0.642. The molecule has 2 unspecified atom stereocenters. The Morgan fingerprint density at radius 3 is 2.57 bits per heavy atom. The number of hydrogen-bond donors (Lipinski definition) is 0. The Bertz CT molecular complexity index is 1010. The molecule has 148 valence electrons. The van der Waals surface area contributed by atoms with Crippen LogP contribution >= 0.6 is 11.3 Å². The number of aryl methyl sites for hydroxylation is 1. The topological polar surface area (TPSA) is 22.1 Å². The lowest BCUT2D eigenvalue weighted by molar-refractivity contribution is -0.00000582. The summed E-state index contributed by atoms with van der Waals surface area (Å²) in [6.45, 7) is 4.74. The molecule has 2 aromatic heterocycles. The van der Waals surface area contributed by atoms with Gasteiger partial charge in [0.05, 0.1) is 7.11 Å². The normalized spacial score (nSPS) is 21.0. The highest BCUT2D eigenvalue weighted by Gasteiger charge is 2.29. The summed E-state index contributed by atoms with van der Waals surface area (Å²) in [6.07, 6.45) is 7.41. The minimum atomic E-state index is 0. The van der Waals surface area contributed by atoms with Gasteiger partial charge in [0.25, 0.3) is 0 Å². The van der Waals surface area contributed by atoms with E-state index in [1.54, 1.807) is 17.6 Å². The summed E-state index contributed by atoms with van der Waals surface area (Å²) >= 11 is 1.96. The van der Waals surface area contributed by atoms with Crippen molar-refractivity contribution in [2.24, 2.45) is 5.92 Å². The first kappa shape index (κ1) is 19.7. The van der Waals surface area contributed by atoms with Gasteiger partial charge in [0.1, 0.15) is 10.6 Å². The van der Waals surface area contributed by atoms with Gasteiger partial charge in [-0.3, -0.25) is 0 Å². The number of ether oxygens (including phenoxy) is 1. The smallest absolute Gasteiger partial charge is 0.124 e. The zero-order valence-electron chi connectivity index (χ0n) is 16.8. The van der Waals surface area contributed by atoms with Gasteiger partial charge in [0, 0.05) is 16.0 Å². The Kier molecular flexibility index (Phi) is 5.41. The van der Waals surface area contributed by atoms with Crippen LogP contribution in [0, 0.1) is 5.92 Å². The second kappa shape index (κ2) is 7.68. The van der Waals surface area contributed by atoms with E-state index < -0.39 is 0 Å². The van der Waals surface area contributed by atoms with Crippen molar-refractivity contribution in [2.75, 3.05) is 7.11 Å². The van der Waals surface area contributed by atoms with Crippen LogP contribution in [0.2, 0.25) is 0 Å². The maximum absolute atomic E-state index is 5.40. The molecule has 0 spiro atoms. The fourth-order valence-electron chi connectivity index (χ4n) is 4.99. The van der Waals surface area contributed by atoms with Crippen molar-refractivity contribution in [3.8, 4) is 16.9 Å². The minimum Gasteiger partial charge on any atom is -1.00 e. The predicted molar refractivity (Wildman–Crippen MR) is 114 cm³/mol. The van der Waals surface area contributed by atoms with E-state index in [0.717, 1.165) is 18.1 Å². The van der Waals surface area contributed by atoms with E-state index in [2.05, 4.69) is 38.1 Å². The van der Waals surface area contributed by atoms with Crippen LogP contribution in [-0.2, 0) is 19.3 Å². The second-order valence-electron chi connectivity index (χ2n) is 8.40. The molecular weight excluding hydrogens is 386 g/mol. The molecule has 2 aliphatic rings. The van der Waals surface area contributed by atoms with Crippen molar-refractivity contribution in [2.45, 2.75) is 58.3 Å². The van der Waals surface area contributed by atoms with E-state index in [-0.39, 0.29) is 12.4 Å². The Labute approximate surface area is 177 Å². The lowest BCUT2D eigenvalue weighted by atomic mass is 9.81. The monoisotopic (exact) mass is 412 g/mol. The van der Waals surface area contributed by atoms with Gasteiger partial charge in [-0.15, -0.1) is 11.3 Å². The molecule has 4 heteroatoms. The largest absolute Gasteiger partial charge is 1.00 e. The minimum absolute atomic E-state index is 0. The van der Waals surface area contributed by atoms with Crippen molar-refractivity contribution in [1.82, 2.24) is 4.98 Å². The maximum Gasteiger partial charge on any atom is 0.124 e. The van der Waals surface area contributed by atoms with Gasteiger partial charge >= 0.3 is 0 Å². The highest BCUT2D eigenvalue weighted by Crippen LogP contribution is 2.47. The number of aromatic nitrogens is 1. The zero-order valence-corrected chi connectivity index (χ0v) is 18.4. The van der Waals surface area contributed by atoms with Crippen molar-refractivity contribution in [1.29, 1.82) is 0 Å². The zero-order chi connectivity index (χ0) is 18.5. The molecule has 2 aliphatic carbocycles. The van der Waals surface area contributed by atoms with Gasteiger partial charge in [0.2, 0.25) is 0 Å². The molecule has 0 aliphatic heterocycles. The number of benzene rings is 1. The number of methoxy groups -OCH3 is 1. The van der Waals surface area contributed by atoms with Crippen LogP contribution < -0.4 is 17.1 Å². The van der Waals surface area contributed by atoms with Crippen LogP contribution in [0.1, 0.15) is 60.7 Å². The fourth-order valence-corrected chi connectivity index (χ4v) is 6.39. The van der Waals surface area contributed by atoms with Crippen molar-refractivity contribution < 1.29 is 17.1 Å². The number of hydrogen-bond acceptors (Lipinski definition) is 3. The fraction of sp³-hybridized carbons (Fsp3) is 0.458. The van der Waals surface area contributed by atoms with Gasteiger partial charge in [-0.25, -0.2) is 4.98 Å². The number of nitrogens with zero attached hydrogens (tertiary/aromatic N) is 1. The van der Waals surface area contributed by atoms with E-state index in [4.69, 9.17) is 9.72 Å². The third-order valence-electron chi connectivity index (χ3n) is 6.49. The predicted octanol–water partition coefficient (Wildman–Crippen LogP) is 3.54. The van der Waals surface area contributed by atoms with Crippen LogP contribution in [0.3, 0.4) is 0 Å². The van der Waals surface area contributed by atoms with E-state index in [9.17, 15) is 0 Å². The summed E-state index contributed by atoms with van der Waals surface area (Å²) in [7, 11) is 1.74. The van der Waals surface area contributed by atoms with Gasteiger partial charge in [-0.2, -0.15) is 0 Å². The van der Waals surface area contributed by atoms with Gasteiger partial charge in [0.15, 0.2) is 0 Å². The van der Waals surface area contributed by atoms with Gasteiger partial charge in [-0.05, 0) is 84.7 Å². The average molecular weight is 413 g/mol. The number of pyridine rings is 1. The summed E-state index contributed by atoms with van der Waals surface area (Å²) in [4.78, 5) is 8.10. The molecule has 0 saturated heterocycles. The van der Waals surface area contributed by atoms with E-state index in [0.29, 0.717) is 5.92 Å². The number of thiophene rings is 1. The third-order valence-corrected chi connectivity index (χ3v) is 7.63. The second-order valence-corrected chi connectivity index (χ2v) is 9.49. The van der Waals surface area contributed by atoms with Gasteiger partial charge in [-0.1, -0.05) is 26.0 Å². The lowest BCUT2D eigenvalue weighted by Gasteiger charge is -2.25. The molecule has 0 amide bonds. The molecular formula is C24H27ClNOS-. The Morgan fingerprint density at radius 1 is 1.04 bits per heavy atom. The van der Waals surface area contributed by atoms with Crippen molar-refractivity contribution in [3.05, 3.63) is 46.0 Å². The van der Waals surface area contributed by atoms with Crippen LogP contribution in [0.25, 0.3) is 21.3 Å². The van der Waals surface area contributed by atoms with E-state index in [1.165, 1.54) is 64.7 Å². The first-order valence-electron chi connectivity index (χ1n) is 10.3. The SMILES string of the molecule is COc1ccc(-c2c3c(nc4sc5c(c24)CCC(C)C5)C(C)CCC3)cc1.[Cl-]. The molecule has 1 aromatic carbocycles. The number of fused-ring (bicyclic) bond motifs is 4. The molecule has 0 bridgehead atoms. The van der Waals surface area contributed by atoms with Crippen LogP contribution in [-0.4, -0.2) is 12.1 Å². The summed E-state index contributed by atoms with van der Waals surface area (Å²) < 4.78 is 5.40. The summed E-state index contributed by atoms with van der Waals surface area (Å²) in [5.74, 6) is 2.28. The maximum atomic E-state index is 5.40. The molecule has 2 nitrogen and oxygen atoms in total. The van der Waals surface area contributed by atoms with Crippen molar-refractivity contribution in [3.63, 3.8) is 0 Å².